The van der Waals surface area contributed by atoms with Gasteiger partial charge in [0.2, 0.25) is 11.8 Å². The van der Waals surface area contributed by atoms with Gasteiger partial charge in [-0.3, -0.25) is 14.6 Å². The molecule has 8 nitrogen and oxygen atoms in total. The van der Waals surface area contributed by atoms with E-state index < -0.39 is 17.1 Å². The lowest BCUT2D eigenvalue weighted by molar-refractivity contribution is -0.131. The number of rotatable bonds is 8. The van der Waals surface area contributed by atoms with E-state index in [1.165, 1.54) is 24.3 Å². The Morgan fingerprint density at radius 2 is 1.36 bits per heavy atom. The van der Waals surface area contributed by atoms with Crippen molar-refractivity contribution in [3.05, 3.63) is 78.7 Å². The third kappa shape index (κ3) is 5.93. The number of carbonyl (C=O) groups is 2. The van der Waals surface area contributed by atoms with Crippen LogP contribution in [0.4, 0.5) is 15.8 Å². The first kappa shape index (κ1) is 27.4. The summed E-state index contributed by atoms with van der Waals surface area (Å²) in [4.78, 5) is 30.1. The summed E-state index contributed by atoms with van der Waals surface area (Å²) >= 11 is 0. The molecule has 0 aliphatic heterocycles. The Labute approximate surface area is 229 Å². The Kier molecular flexibility index (Phi) is 8.29. The predicted molar refractivity (Wildman–Crippen MR) is 152 cm³/mol. The minimum atomic E-state index is -1.14. The van der Waals surface area contributed by atoms with Crippen molar-refractivity contribution in [3.63, 3.8) is 0 Å². The number of aromatic nitrogens is 1. The van der Waals surface area contributed by atoms with Crippen molar-refractivity contribution < 1.29 is 31.0 Å². The second kappa shape index (κ2) is 11.8. The highest BCUT2D eigenvalue weighted by atomic mass is 19.1. The number of ether oxygens (including phenoxy) is 3. The lowest BCUT2D eigenvalue weighted by Gasteiger charge is -2.16. The number of fused-ring (bicyclic) bond motifs is 1. The summed E-state index contributed by atoms with van der Waals surface area (Å²) in [7, 11) is 3.12. The second-order valence-electron chi connectivity index (χ2n) is 8.66. The molecule has 9 heteroatoms. The first-order valence-corrected chi connectivity index (χ1v) is 12.6. The summed E-state index contributed by atoms with van der Waals surface area (Å²) in [6, 6.07) is 17.6. The molecule has 206 valence electrons. The average molecular weight is 536 g/mol. The van der Waals surface area contributed by atoms with Crippen LogP contribution in [0.3, 0.4) is 0 Å². The standard InChI is InChI=1S/C28H24FN3O5.C2H6.2H2/c1-35-24-15-21-22(16-25(24)36-2)30-14-11-23(21)37-20-9-7-19(8-10-20)32-27(34)28(12-13-28)26(33)31-18-5-3-17(29)4-6-18;1-2;;/h3-11,14-16H,12-13H2,1-2H3,(H,31,33)(H,32,34);1-2H3;2*1H. The zero-order valence-electron chi connectivity index (χ0n) is 22.2. The number of nitrogens with zero attached hydrogens (tertiary/aromatic N) is 1. The first-order valence-electron chi connectivity index (χ1n) is 12.6. The van der Waals surface area contributed by atoms with Crippen LogP contribution in [-0.2, 0) is 9.59 Å². The number of amides is 2. The van der Waals surface area contributed by atoms with E-state index in [9.17, 15) is 14.0 Å². The zero-order chi connectivity index (χ0) is 28.0. The number of carbonyl (C=O) groups excluding carboxylic acids is 2. The van der Waals surface area contributed by atoms with E-state index in [-0.39, 0.29) is 8.76 Å². The molecule has 2 amide bonds. The third-order valence-electron chi connectivity index (χ3n) is 6.27. The van der Waals surface area contributed by atoms with E-state index in [1.54, 1.807) is 62.9 Å². The van der Waals surface area contributed by atoms with E-state index in [2.05, 4.69) is 15.6 Å². The minimum Gasteiger partial charge on any atom is -0.493 e. The van der Waals surface area contributed by atoms with Crippen LogP contribution in [-0.4, -0.2) is 31.0 Å². The Hall–Kier alpha value is -4.66. The van der Waals surface area contributed by atoms with E-state index >= 15 is 0 Å². The van der Waals surface area contributed by atoms with Crippen molar-refractivity contribution in [3.8, 4) is 23.0 Å². The lowest BCUT2D eigenvalue weighted by atomic mass is 10.0. The average Bonchev–Trinajstić information content (AvgIpc) is 3.78. The second-order valence-corrected chi connectivity index (χ2v) is 8.66. The van der Waals surface area contributed by atoms with Crippen LogP contribution in [0.5, 0.6) is 23.0 Å². The minimum absolute atomic E-state index is 0. The molecule has 4 aromatic rings. The van der Waals surface area contributed by atoms with Gasteiger partial charge in [0.05, 0.1) is 19.7 Å². The van der Waals surface area contributed by atoms with E-state index in [0.717, 1.165) is 5.39 Å². The fourth-order valence-electron chi connectivity index (χ4n) is 3.99. The van der Waals surface area contributed by atoms with Crippen LogP contribution >= 0.6 is 0 Å². The number of benzene rings is 3. The van der Waals surface area contributed by atoms with Gasteiger partial charge in [-0.15, -0.1) is 0 Å². The third-order valence-corrected chi connectivity index (χ3v) is 6.27. The summed E-state index contributed by atoms with van der Waals surface area (Å²) in [6.45, 7) is 4.00. The quantitative estimate of drug-likeness (QED) is 0.234. The molecule has 1 aliphatic carbocycles. The molecule has 0 saturated heterocycles. The molecule has 0 atom stereocenters. The van der Waals surface area contributed by atoms with Crippen molar-refractivity contribution in [1.82, 2.24) is 4.98 Å². The molecular weight excluding hydrogens is 501 g/mol. The summed E-state index contributed by atoms with van der Waals surface area (Å²) in [6.07, 6.45) is 2.52. The molecule has 0 radical (unpaired) electrons. The molecule has 5 rings (SSSR count). The highest BCUT2D eigenvalue weighted by Crippen LogP contribution is 2.47. The maximum absolute atomic E-state index is 13.1. The molecule has 1 aromatic heterocycles. The summed E-state index contributed by atoms with van der Waals surface area (Å²) in [5.74, 6) is 1.06. The van der Waals surface area contributed by atoms with Gasteiger partial charge in [0.25, 0.3) is 0 Å². The SMILES string of the molecule is CC.COc1cc2nccc(Oc3ccc(NC(=O)C4(C(=O)Nc5ccc(F)cc5)CC4)cc3)c2cc1OC.[HH].[HH]. The van der Waals surface area contributed by atoms with Gasteiger partial charge >= 0.3 is 0 Å². The van der Waals surface area contributed by atoms with Crippen LogP contribution in [0.1, 0.15) is 29.5 Å². The van der Waals surface area contributed by atoms with Gasteiger partial charge in [-0.05, 0) is 73.5 Å². The number of methoxy groups -OCH3 is 2. The van der Waals surface area contributed by atoms with E-state index in [4.69, 9.17) is 14.2 Å². The molecule has 0 bridgehead atoms. The largest absolute Gasteiger partial charge is 0.493 e. The number of pyridine rings is 1. The molecule has 0 spiro atoms. The topological polar surface area (TPSA) is 98.8 Å². The Morgan fingerprint density at radius 1 is 0.821 bits per heavy atom. The molecule has 1 heterocycles. The van der Waals surface area contributed by atoms with Gasteiger partial charge < -0.3 is 24.8 Å². The van der Waals surface area contributed by atoms with Gasteiger partial charge in [-0.1, -0.05) is 13.8 Å². The molecule has 0 unspecified atom stereocenters. The van der Waals surface area contributed by atoms with Crippen LogP contribution in [0, 0.1) is 11.2 Å². The lowest BCUT2D eigenvalue weighted by Crippen LogP contribution is -2.35. The highest BCUT2D eigenvalue weighted by molar-refractivity contribution is 6.16. The van der Waals surface area contributed by atoms with Gasteiger partial charge in [-0.2, -0.15) is 0 Å². The molecule has 1 aliphatic rings. The molecule has 2 N–H and O–H groups in total. The number of anilines is 2. The van der Waals surface area contributed by atoms with Crippen LogP contribution in [0.25, 0.3) is 10.9 Å². The van der Waals surface area contributed by atoms with Crippen LogP contribution < -0.4 is 24.8 Å². The normalized spacial score (nSPS) is 12.9. The fraction of sp³-hybridized carbons (Fsp3) is 0.233. The van der Waals surface area contributed by atoms with Crippen molar-refractivity contribution in [1.29, 1.82) is 0 Å². The van der Waals surface area contributed by atoms with Crippen molar-refractivity contribution in [2.24, 2.45) is 5.41 Å². The maximum atomic E-state index is 13.1. The Balaban J connectivity index is 0.00000144. The molecule has 1 fully saturated rings. The summed E-state index contributed by atoms with van der Waals surface area (Å²) < 4.78 is 29.9. The van der Waals surface area contributed by atoms with Gasteiger partial charge in [0, 0.05) is 31.9 Å². The number of hydrogen-bond acceptors (Lipinski definition) is 6. The molecular formula is C30H34FN3O5. The molecule has 3 aromatic carbocycles. The smallest absolute Gasteiger partial charge is 0.240 e. The Bertz CT molecular complexity index is 1480. The van der Waals surface area contributed by atoms with E-state index in [0.29, 0.717) is 52.7 Å². The number of nitrogens with one attached hydrogen (secondary N) is 2. The van der Waals surface area contributed by atoms with Gasteiger partial charge in [-0.25, -0.2) is 4.39 Å². The molecule has 39 heavy (non-hydrogen) atoms. The van der Waals surface area contributed by atoms with Crippen LogP contribution in [0.2, 0.25) is 0 Å². The zero-order valence-corrected chi connectivity index (χ0v) is 22.2. The number of halogens is 1. The predicted octanol–water partition coefficient (Wildman–Crippen LogP) is 7.06. The molecule has 1 saturated carbocycles. The van der Waals surface area contributed by atoms with Crippen molar-refractivity contribution in [2.75, 3.05) is 24.9 Å². The van der Waals surface area contributed by atoms with Crippen molar-refractivity contribution in [2.45, 2.75) is 26.7 Å². The van der Waals surface area contributed by atoms with Gasteiger partial charge in [0.15, 0.2) is 11.5 Å². The fourth-order valence-corrected chi connectivity index (χ4v) is 3.99. The highest BCUT2D eigenvalue weighted by Gasteiger charge is 2.56. The monoisotopic (exact) mass is 535 g/mol. The summed E-state index contributed by atoms with van der Waals surface area (Å²) in [5.41, 5.74) is 0.517. The Morgan fingerprint density at radius 3 is 1.90 bits per heavy atom. The maximum Gasteiger partial charge on any atom is 0.240 e. The summed E-state index contributed by atoms with van der Waals surface area (Å²) in [5, 5.41) is 6.26. The van der Waals surface area contributed by atoms with Gasteiger partial charge in [0.1, 0.15) is 22.7 Å². The number of hydrogen-bond donors (Lipinski definition) is 2. The van der Waals surface area contributed by atoms with Crippen LogP contribution in [0.15, 0.2) is 72.9 Å². The van der Waals surface area contributed by atoms with E-state index in [1.807, 2.05) is 13.8 Å². The van der Waals surface area contributed by atoms with Crippen molar-refractivity contribution >= 4 is 34.1 Å². The first-order chi connectivity index (χ1) is 18.9.